The number of hydrogen-bond donors (Lipinski definition) is 1. The first-order valence-corrected chi connectivity index (χ1v) is 11.7. The summed E-state index contributed by atoms with van der Waals surface area (Å²) in [4.78, 5) is 35.4. The van der Waals surface area contributed by atoms with E-state index in [1.807, 2.05) is 11.8 Å². The summed E-state index contributed by atoms with van der Waals surface area (Å²) in [5, 5.41) is 4.10. The van der Waals surface area contributed by atoms with E-state index in [1.165, 1.54) is 16.9 Å². The first-order chi connectivity index (χ1) is 14.8. The smallest absolute Gasteiger partial charge is 0.281 e. The summed E-state index contributed by atoms with van der Waals surface area (Å²) >= 11 is 1.45. The number of rotatable bonds is 1. The lowest BCUT2D eigenvalue weighted by molar-refractivity contribution is -0.329. The van der Waals surface area contributed by atoms with E-state index in [0.717, 1.165) is 46.8 Å². The maximum Gasteiger partial charge on any atom is 0.281 e. The van der Waals surface area contributed by atoms with Gasteiger partial charge in [0, 0.05) is 12.8 Å². The van der Waals surface area contributed by atoms with Crippen LogP contribution >= 0.6 is 11.3 Å². The molecule has 2 fully saturated rings. The van der Waals surface area contributed by atoms with E-state index in [1.54, 1.807) is 0 Å². The molecule has 8 nitrogen and oxygen atoms in total. The van der Waals surface area contributed by atoms with E-state index in [-0.39, 0.29) is 17.4 Å². The molecular formula is C22H27N4O4S+. The molecule has 0 aliphatic carbocycles. The van der Waals surface area contributed by atoms with Gasteiger partial charge in [-0.05, 0) is 32.8 Å². The Labute approximate surface area is 184 Å². The van der Waals surface area contributed by atoms with Gasteiger partial charge in [0.2, 0.25) is 5.91 Å². The summed E-state index contributed by atoms with van der Waals surface area (Å²) in [5.74, 6) is 1.03. The van der Waals surface area contributed by atoms with Gasteiger partial charge >= 0.3 is 0 Å². The Morgan fingerprint density at radius 2 is 1.90 bits per heavy atom. The van der Waals surface area contributed by atoms with Crippen LogP contribution < -0.4 is 20.1 Å². The topological polar surface area (TPSA) is 85.3 Å². The summed E-state index contributed by atoms with van der Waals surface area (Å²) in [6.07, 6.45) is 1.80. The molecule has 1 atom stereocenters. The minimum absolute atomic E-state index is 0.0702. The van der Waals surface area contributed by atoms with Crippen LogP contribution in [0.5, 0.6) is 0 Å². The van der Waals surface area contributed by atoms with Crippen LogP contribution in [-0.4, -0.2) is 49.4 Å². The zero-order valence-corrected chi connectivity index (χ0v) is 18.9. The van der Waals surface area contributed by atoms with Crippen molar-refractivity contribution < 1.29 is 24.0 Å². The van der Waals surface area contributed by atoms with Crippen LogP contribution in [0.15, 0.2) is 0 Å². The number of aromatic amines is 1. The molecule has 4 aliphatic heterocycles. The van der Waals surface area contributed by atoms with Gasteiger partial charge in [-0.25, -0.2) is 4.98 Å². The van der Waals surface area contributed by atoms with E-state index in [4.69, 9.17) is 9.47 Å². The molecule has 31 heavy (non-hydrogen) atoms. The second-order valence-electron chi connectivity index (χ2n) is 9.70. The Morgan fingerprint density at radius 3 is 2.68 bits per heavy atom. The molecule has 0 bridgehead atoms. The minimum Gasteiger partial charge on any atom is -0.373 e. The molecule has 4 aliphatic rings. The summed E-state index contributed by atoms with van der Waals surface area (Å²) in [7, 11) is 0. The largest absolute Gasteiger partial charge is 0.373 e. The van der Waals surface area contributed by atoms with Crippen LogP contribution in [0.1, 0.15) is 54.4 Å². The van der Waals surface area contributed by atoms with Gasteiger partial charge in [-0.3, -0.25) is 19.4 Å². The number of hydrogen-bond acceptors (Lipinski definition) is 6. The fourth-order valence-corrected chi connectivity index (χ4v) is 6.53. The average Bonchev–Trinajstić information content (AvgIpc) is 3.25. The van der Waals surface area contributed by atoms with Gasteiger partial charge in [0.15, 0.2) is 4.83 Å². The van der Waals surface area contributed by atoms with Crippen LogP contribution in [0.4, 0.5) is 11.5 Å². The third-order valence-electron chi connectivity index (χ3n) is 6.99. The SMILES string of the molecule is CC1(C)Cc2c(c(N3CCOCC3)[nH+]c3sc4c(c23)N2C(=O)CC[C@@]2(C)NC4=O)CO1. The van der Waals surface area contributed by atoms with Crippen molar-refractivity contribution in [3.05, 3.63) is 16.0 Å². The Balaban J connectivity index is 1.64. The van der Waals surface area contributed by atoms with Crippen molar-refractivity contribution in [3.63, 3.8) is 0 Å². The van der Waals surface area contributed by atoms with Gasteiger partial charge in [0.05, 0.1) is 42.1 Å². The second-order valence-corrected chi connectivity index (χ2v) is 10.7. The molecule has 6 rings (SSSR count). The summed E-state index contributed by atoms with van der Waals surface area (Å²) in [6, 6.07) is 0. The molecule has 2 saturated heterocycles. The Morgan fingerprint density at radius 1 is 1.13 bits per heavy atom. The zero-order valence-electron chi connectivity index (χ0n) is 18.1. The molecule has 0 aromatic carbocycles. The van der Waals surface area contributed by atoms with Crippen molar-refractivity contribution in [1.29, 1.82) is 0 Å². The minimum atomic E-state index is -0.661. The third kappa shape index (κ3) is 2.76. The normalized spacial score (nSPS) is 27.2. The van der Waals surface area contributed by atoms with Gasteiger partial charge in [-0.15, -0.1) is 0 Å². The molecule has 0 spiro atoms. The van der Waals surface area contributed by atoms with Crippen molar-refractivity contribution >= 4 is 44.9 Å². The van der Waals surface area contributed by atoms with Crippen LogP contribution in [0, 0.1) is 0 Å². The van der Waals surface area contributed by atoms with Crippen LogP contribution in [0.25, 0.3) is 10.2 Å². The van der Waals surface area contributed by atoms with E-state index in [2.05, 4.69) is 29.0 Å². The molecular weight excluding hydrogens is 416 g/mol. The van der Waals surface area contributed by atoms with E-state index >= 15 is 0 Å². The molecule has 164 valence electrons. The molecule has 2 aromatic heterocycles. The number of carbonyl (C=O) groups excluding carboxylic acids is 2. The standard InChI is InChI=1S/C22H26N4O4S/c1-21(2)10-12-13(11-30-21)18(25-6-8-29-9-7-25)23-20-15(12)16-17(31-20)19(28)24-22(3)5-4-14(27)26(16)22/h4-11H2,1-3H3,(H,24,28)/p+1/t22-/m0/s1. The van der Waals surface area contributed by atoms with Gasteiger partial charge in [-0.1, -0.05) is 11.3 Å². The number of fused-ring (bicyclic) bond motifs is 7. The zero-order chi connectivity index (χ0) is 21.5. The number of H-pyrrole nitrogens is 1. The highest BCUT2D eigenvalue weighted by Gasteiger charge is 2.51. The number of anilines is 2. The molecule has 9 heteroatoms. The number of nitrogens with one attached hydrogen (secondary N) is 2. The van der Waals surface area contributed by atoms with Crippen LogP contribution in [0.3, 0.4) is 0 Å². The van der Waals surface area contributed by atoms with Crippen molar-refractivity contribution in [2.24, 2.45) is 0 Å². The quantitative estimate of drug-likeness (QED) is 0.729. The lowest BCUT2D eigenvalue weighted by Crippen LogP contribution is -2.59. The second kappa shape index (κ2) is 6.40. The number of amides is 2. The highest BCUT2D eigenvalue weighted by atomic mass is 32.1. The first kappa shape index (κ1) is 19.5. The third-order valence-corrected chi connectivity index (χ3v) is 8.08. The van der Waals surface area contributed by atoms with E-state index in [0.29, 0.717) is 37.5 Å². The Bertz CT molecular complexity index is 1140. The van der Waals surface area contributed by atoms with Crippen molar-refractivity contribution in [3.8, 4) is 0 Å². The predicted molar refractivity (Wildman–Crippen MR) is 117 cm³/mol. The van der Waals surface area contributed by atoms with Crippen LogP contribution in [0.2, 0.25) is 0 Å². The molecule has 0 saturated carbocycles. The van der Waals surface area contributed by atoms with Gasteiger partial charge in [0.1, 0.15) is 23.6 Å². The first-order valence-electron chi connectivity index (χ1n) is 10.9. The number of carbonyl (C=O) groups is 2. The molecule has 0 radical (unpaired) electrons. The average molecular weight is 444 g/mol. The predicted octanol–water partition coefficient (Wildman–Crippen LogP) is 1.99. The van der Waals surface area contributed by atoms with Crippen LogP contribution in [-0.2, 0) is 27.3 Å². The molecule has 2 aromatic rings. The number of aromatic nitrogens is 1. The lowest BCUT2D eigenvalue weighted by Gasteiger charge is -2.40. The lowest BCUT2D eigenvalue weighted by atomic mass is 9.89. The van der Waals surface area contributed by atoms with Crippen molar-refractivity contribution in [2.45, 2.75) is 57.9 Å². The maximum absolute atomic E-state index is 13.1. The highest BCUT2D eigenvalue weighted by Crippen LogP contribution is 2.49. The fraction of sp³-hybridized carbons (Fsp3) is 0.591. The van der Waals surface area contributed by atoms with E-state index in [9.17, 15) is 9.59 Å². The van der Waals surface area contributed by atoms with Gasteiger partial charge in [-0.2, -0.15) is 0 Å². The van der Waals surface area contributed by atoms with Crippen molar-refractivity contribution in [2.75, 3.05) is 36.1 Å². The van der Waals surface area contributed by atoms with Crippen molar-refractivity contribution in [1.82, 2.24) is 5.32 Å². The molecule has 2 amide bonds. The monoisotopic (exact) mass is 443 g/mol. The Hall–Kier alpha value is -2.23. The Kier molecular flexibility index (Phi) is 4.02. The number of thiophene rings is 1. The molecule has 2 N–H and O–H groups in total. The number of morpholine rings is 1. The summed E-state index contributed by atoms with van der Waals surface area (Å²) in [6.45, 7) is 9.66. The molecule has 6 heterocycles. The van der Waals surface area contributed by atoms with E-state index < -0.39 is 5.66 Å². The summed E-state index contributed by atoms with van der Waals surface area (Å²) < 4.78 is 11.8. The highest BCUT2D eigenvalue weighted by molar-refractivity contribution is 7.21. The maximum atomic E-state index is 13.1. The fourth-order valence-electron chi connectivity index (χ4n) is 5.43. The number of nitrogens with zero attached hydrogens (tertiary/aromatic N) is 2. The van der Waals surface area contributed by atoms with Gasteiger partial charge < -0.3 is 14.8 Å². The number of pyridine rings is 1. The molecule has 0 unspecified atom stereocenters. The number of ether oxygens (including phenoxy) is 2. The summed E-state index contributed by atoms with van der Waals surface area (Å²) in [5.41, 5.74) is 2.14. The van der Waals surface area contributed by atoms with Gasteiger partial charge in [0.25, 0.3) is 11.7 Å².